The summed E-state index contributed by atoms with van der Waals surface area (Å²) in [5.74, 6) is 0.775. The van der Waals surface area contributed by atoms with Gasteiger partial charge in [-0.25, -0.2) is 9.78 Å². The standard InChI is InChI=1S/C15H22O4/c1-9-4-5-11-10(2)8-16-13-15(11)12(9)6-7-14(3,17-13)18-19-15/h8-9,11-13H,4-7H2,1-3H3/t9-,11+,12?,13-,14-,15+/m1/s1. The Morgan fingerprint density at radius 3 is 2.89 bits per heavy atom. The van der Waals surface area contributed by atoms with Crippen LogP contribution in [0.2, 0.25) is 0 Å². The highest BCUT2D eigenvalue weighted by Crippen LogP contribution is 2.59. The maximum Gasteiger partial charge on any atom is 0.235 e. The third-order valence-electron chi connectivity index (χ3n) is 5.65. The molecule has 4 heteroatoms. The van der Waals surface area contributed by atoms with Crippen molar-refractivity contribution >= 4 is 0 Å². The van der Waals surface area contributed by atoms with Crippen molar-refractivity contribution in [2.45, 2.75) is 64.1 Å². The molecule has 19 heavy (non-hydrogen) atoms. The van der Waals surface area contributed by atoms with Gasteiger partial charge in [-0.05, 0) is 44.6 Å². The Morgan fingerprint density at radius 1 is 1.21 bits per heavy atom. The molecule has 3 saturated heterocycles. The van der Waals surface area contributed by atoms with Gasteiger partial charge in [-0.15, -0.1) is 0 Å². The van der Waals surface area contributed by atoms with E-state index in [4.69, 9.17) is 19.2 Å². The Labute approximate surface area is 114 Å². The molecular formula is C15H22O4. The summed E-state index contributed by atoms with van der Waals surface area (Å²) in [6.07, 6.45) is 5.87. The predicted molar refractivity (Wildman–Crippen MR) is 67.6 cm³/mol. The average Bonchev–Trinajstić information content (AvgIpc) is 2.61. The van der Waals surface area contributed by atoms with Gasteiger partial charge in [0.2, 0.25) is 12.1 Å². The van der Waals surface area contributed by atoms with Gasteiger partial charge in [0.1, 0.15) is 0 Å². The van der Waals surface area contributed by atoms with E-state index in [1.807, 2.05) is 13.2 Å². The van der Waals surface area contributed by atoms with Gasteiger partial charge in [-0.3, -0.25) is 0 Å². The van der Waals surface area contributed by atoms with Gasteiger partial charge >= 0.3 is 0 Å². The summed E-state index contributed by atoms with van der Waals surface area (Å²) >= 11 is 0. The third kappa shape index (κ3) is 1.45. The molecule has 0 aromatic heterocycles. The van der Waals surface area contributed by atoms with E-state index >= 15 is 0 Å². The number of hydrogen-bond donors (Lipinski definition) is 0. The zero-order chi connectivity index (χ0) is 13.3. The van der Waals surface area contributed by atoms with E-state index in [2.05, 4.69) is 13.8 Å². The molecule has 1 aliphatic carbocycles. The summed E-state index contributed by atoms with van der Waals surface area (Å²) in [5.41, 5.74) is 0.817. The maximum absolute atomic E-state index is 6.11. The van der Waals surface area contributed by atoms with E-state index < -0.39 is 11.4 Å². The topological polar surface area (TPSA) is 36.9 Å². The van der Waals surface area contributed by atoms with Crippen LogP contribution < -0.4 is 0 Å². The molecule has 6 atom stereocenters. The Bertz CT molecular complexity index is 434. The highest BCUT2D eigenvalue weighted by atomic mass is 17.3. The normalized spacial score (nSPS) is 55.8. The molecule has 4 nitrogen and oxygen atoms in total. The molecule has 0 amide bonds. The molecule has 1 unspecified atom stereocenters. The summed E-state index contributed by atoms with van der Waals surface area (Å²) in [7, 11) is 0. The summed E-state index contributed by atoms with van der Waals surface area (Å²) < 4.78 is 12.0. The van der Waals surface area contributed by atoms with Gasteiger partial charge < -0.3 is 9.47 Å². The van der Waals surface area contributed by atoms with E-state index in [0.29, 0.717) is 17.8 Å². The highest BCUT2D eigenvalue weighted by molar-refractivity contribution is 5.19. The van der Waals surface area contributed by atoms with Crippen LogP contribution in [0.3, 0.4) is 0 Å². The predicted octanol–water partition coefficient (Wildman–Crippen LogP) is 3.14. The Morgan fingerprint density at radius 2 is 2.05 bits per heavy atom. The lowest BCUT2D eigenvalue weighted by atomic mass is 9.60. The van der Waals surface area contributed by atoms with Crippen molar-refractivity contribution in [2.24, 2.45) is 17.8 Å². The molecule has 0 aromatic rings. The van der Waals surface area contributed by atoms with E-state index in [-0.39, 0.29) is 6.29 Å². The molecule has 4 heterocycles. The molecule has 5 rings (SSSR count). The summed E-state index contributed by atoms with van der Waals surface area (Å²) in [4.78, 5) is 11.7. The fraction of sp³-hybridized carbons (Fsp3) is 0.867. The highest BCUT2D eigenvalue weighted by Gasteiger charge is 2.67. The van der Waals surface area contributed by atoms with Crippen LogP contribution in [0.1, 0.15) is 46.5 Å². The Balaban J connectivity index is 1.85. The van der Waals surface area contributed by atoms with Gasteiger partial charge in [-0.1, -0.05) is 6.92 Å². The van der Waals surface area contributed by atoms with Crippen molar-refractivity contribution in [3.63, 3.8) is 0 Å². The molecular weight excluding hydrogens is 244 g/mol. The Kier molecular flexibility index (Phi) is 2.40. The lowest BCUT2D eigenvalue weighted by molar-refractivity contribution is -0.555. The van der Waals surface area contributed by atoms with Crippen molar-refractivity contribution in [1.29, 1.82) is 0 Å². The first-order chi connectivity index (χ1) is 9.05. The van der Waals surface area contributed by atoms with E-state index in [1.165, 1.54) is 12.0 Å². The number of ether oxygens (including phenoxy) is 2. The average molecular weight is 266 g/mol. The van der Waals surface area contributed by atoms with Crippen molar-refractivity contribution in [1.82, 2.24) is 0 Å². The maximum atomic E-state index is 6.11. The lowest BCUT2D eigenvalue weighted by Gasteiger charge is -2.56. The first-order valence-electron chi connectivity index (χ1n) is 7.42. The van der Waals surface area contributed by atoms with E-state index in [1.54, 1.807) is 0 Å². The first kappa shape index (κ1) is 12.2. The van der Waals surface area contributed by atoms with Gasteiger partial charge in [0.25, 0.3) is 0 Å². The fourth-order valence-corrected chi connectivity index (χ4v) is 4.55. The largest absolute Gasteiger partial charge is 0.469 e. The molecule has 4 fully saturated rings. The van der Waals surface area contributed by atoms with Crippen LogP contribution in [0, 0.1) is 17.8 Å². The molecule has 106 valence electrons. The second-order valence-electron chi connectivity index (χ2n) is 6.85. The number of hydrogen-bond acceptors (Lipinski definition) is 4. The third-order valence-corrected chi connectivity index (χ3v) is 5.65. The smallest absolute Gasteiger partial charge is 0.235 e. The SMILES string of the molecule is CC1=CO[C@@H]2O[C@@]3(C)CCC4[C@H](C)CC[C@@H]1[C@]42OO3. The van der Waals surface area contributed by atoms with Crippen molar-refractivity contribution in [2.75, 3.05) is 0 Å². The molecule has 0 N–H and O–H groups in total. The van der Waals surface area contributed by atoms with Crippen molar-refractivity contribution in [3.05, 3.63) is 11.8 Å². The van der Waals surface area contributed by atoms with Crippen LogP contribution in [-0.2, 0) is 19.2 Å². The zero-order valence-corrected chi connectivity index (χ0v) is 11.8. The molecule has 0 aromatic carbocycles. The number of fused-ring (bicyclic) bond motifs is 2. The zero-order valence-electron chi connectivity index (χ0n) is 11.8. The lowest BCUT2D eigenvalue weighted by Crippen LogP contribution is -2.66. The molecule has 1 spiro atoms. The summed E-state index contributed by atoms with van der Waals surface area (Å²) in [5, 5.41) is 0. The second-order valence-corrected chi connectivity index (χ2v) is 6.85. The Hall–Kier alpha value is -0.580. The van der Waals surface area contributed by atoms with Crippen LogP contribution in [0.15, 0.2) is 11.8 Å². The summed E-state index contributed by atoms with van der Waals surface area (Å²) in [6.45, 7) is 6.40. The molecule has 5 aliphatic rings. The molecule has 1 saturated carbocycles. The fourth-order valence-electron chi connectivity index (χ4n) is 4.55. The van der Waals surface area contributed by atoms with Gasteiger partial charge in [-0.2, -0.15) is 0 Å². The molecule has 2 bridgehead atoms. The minimum absolute atomic E-state index is 0.324. The van der Waals surface area contributed by atoms with E-state index in [9.17, 15) is 0 Å². The van der Waals surface area contributed by atoms with Crippen LogP contribution in [0.4, 0.5) is 0 Å². The van der Waals surface area contributed by atoms with Gasteiger partial charge in [0.15, 0.2) is 5.60 Å². The second kappa shape index (κ2) is 3.74. The van der Waals surface area contributed by atoms with Crippen molar-refractivity contribution < 1.29 is 19.2 Å². The number of rotatable bonds is 0. The quantitative estimate of drug-likeness (QED) is 0.631. The first-order valence-corrected chi connectivity index (χ1v) is 7.42. The minimum atomic E-state index is -0.656. The monoisotopic (exact) mass is 266 g/mol. The molecule has 4 aliphatic heterocycles. The van der Waals surface area contributed by atoms with Crippen LogP contribution in [-0.4, -0.2) is 17.7 Å². The van der Waals surface area contributed by atoms with Crippen LogP contribution in [0.25, 0.3) is 0 Å². The van der Waals surface area contributed by atoms with Gasteiger partial charge in [0, 0.05) is 18.3 Å². The van der Waals surface area contributed by atoms with Crippen LogP contribution >= 0.6 is 0 Å². The molecule has 0 radical (unpaired) electrons. The van der Waals surface area contributed by atoms with Crippen molar-refractivity contribution in [3.8, 4) is 0 Å². The van der Waals surface area contributed by atoms with Gasteiger partial charge in [0.05, 0.1) is 6.26 Å². The van der Waals surface area contributed by atoms with Crippen LogP contribution in [0.5, 0.6) is 0 Å². The minimum Gasteiger partial charge on any atom is -0.469 e. The van der Waals surface area contributed by atoms with E-state index in [0.717, 1.165) is 19.3 Å². The summed E-state index contributed by atoms with van der Waals surface area (Å²) in [6, 6.07) is 0.